The molecular weight excluding hydrogens is 268 g/mol. The lowest BCUT2D eigenvalue weighted by Crippen LogP contribution is -2.09. The van der Waals surface area contributed by atoms with Crippen molar-refractivity contribution in [2.75, 3.05) is 11.9 Å². The fourth-order valence-corrected chi connectivity index (χ4v) is 2.13. The topological polar surface area (TPSA) is 90.9 Å². The van der Waals surface area contributed by atoms with Crippen molar-refractivity contribution in [1.29, 1.82) is 5.26 Å². The molecule has 0 radical (unpaired) electrons. The third kappa shape index (κ3) is 3.20. The van der Waals surface area contributed by atoms with Crippen molar-refractivity contribution in [2.45, 2.75) is 13.3 Å². The standard InChI is InChI=1S/C15H16N4O2/c1-10-13(9-16)14(19(2)18-10)17-8-7-11-3-5-12(6-4-11)15(20)21/h3-6,17H,7-8H2,1-2H3,(H,20,21). The minimum absolute atomic E-state index is 0.278. The summed E-state index contributed by atoms with van der Waals surface area (Å²) in [7, 11) is 1.79. The van der Waals surface area contributed by atoms with Crippen molar-refractivity contribution in [1.82, 2.24) is 9.78 Å². The maximum absolute atomic E-state index is 10.8. The molecule has 0 amide bonds. The molecule has 2 N–H and O–H groups in total. The number of anilines is 1. The Kier molecular flexibility index (Phi) is 4.24. The number of benzene rings is 1. The third-order valence-corrected chi connectivity index (χ3v) is 3.24. The molecule has 0 bridgehead atoms. The van der Waals surface area contributed by atoms with E-state index in [1.807, 2.05) is 0 Å². The summed E-state index contributed by atoms with van der Waals surface area (Å²) in [6.45, 7) is 2.44. The minimum Gasteiger partial charge on any atom is -0.478 e. The molecular formula is C15H16N4O2. The van der Waals surface area contributed by atoms with Crippen LogP contribution in [0, 0.1) is 18.3 Å². The molecule has 1 aromatic heterocycles. The highest BCUT2D eigenvalue weighted by Gasteiger charge is 2.11. The molecule has 0 unspecified atom stereocenters. The number of aromatic carboxylic acids is 1. The van der Waals surface area contributed by atoms with Gasteiger partial charge in [0.15, 0.2) is 0 Å². The number of carbonyl (C=O) groups is 1. The van der Waals surface area contributed by atoms with Crippen LogP contribution in [-0.2, 0) is 13.5 Å². The van der Waals surface area contributed by atoms with Gasteiger partial charge in [-0.3, -0.25) is 4.68 Å². The van der Waals surface area contributed by atoms with Crippen molar-refractivity contribution in [3.8, 4) is 6.07 Å². The molecule has 21 heavy (non-hydrogen) atoms. The van der Waals surface area contributed by atoms with Crippen molar-refractivity contribution in [3.05, 3.63) is 46.6 Å². The molecule has 0 atom stereocenters. The predicted octanol–water partition coefficient (Wildman–Crippen LogP) is 1.95. The molecule has 0 aliphatic carbocycles. The van der Waals surface area contributed by atoms with Crippen molar-refractivity contribution in [2.24, 2.45) is 7.05 Å². The van der Waals surface area contributed by atoms with Crippen LogP contribution in [0.5, 0.6) is 0 Å². The van der Waals surface area contributed by atoms with E-state index in [-0.39, 0.29) is 5.56 Å². The average Bonchev–Trinajstić information content (AvgIpc) is 2.73. The van der Waals surface area contributed by atoms with Crippen LogP contribution in [0.3, 0.4) is 0 Å². The van der Waals surface area contributed by atoms with Crippen LogP contribution in [0.1, 0.15) is 27.2 Å². The van der Waals surface area contributed by atoms with E-state index in [9.17, 15) is 4.79 Å². The largest absolute Gasteiger partial charge is 0.478 e. The van der Waals surface area contributed by atoms with Crippen LogP contribution >= 0.6 is 0 Å². The molecule has 0 aliphatic heterocycles. The number of rotatable bonds is 5. The van der Waals surface area contributed by atoms with Gasteiger partial charge in [-0.15, -0.1) is 0 Å². The van der Waals surface area contributed by atoms with Gasteiger partial charge in [-0.25, -0.2) is 4.79 Å². The van der Waals surface area contributed by atoms with Gasteiger partial charge in [-0.2, -0.15) is 10.4 Å². The van der Waals surface area contributed by atoms with E-state index in [4.69, 9.17) is 10.4 Å². The van der Waals surface area contributed by atoms with Gasteiger partial charge < -0.3 is 10.4 Å². The number of aromatic nitrogens is 2. The number of nitriles is 1. The SMILES string of the molecule is Cc1nn(C)c(NCCc2ccc(C(=O)O)cc2)c1C#N. The van der Waals surface area contributed by atoms with E-state index in [2.05, 4.69) is 16.5 Å². The summed E-state index contributed by atoms with van der Waals surface area (Å²) < 4.78 is 1.65. The Morgan fingerprint density at radius 1 is 1.43 bits per heavy atom. The van der Waals surface area contributed by atoms with Gasteiger partial charge in [0.05, 0.1) is 11.3 Å². The lowest BCUT2D eigenvalue weighted by atomic mass is 10.1. The van der Waals surface area contributed by atoms with Gasteiger partial charge in [-0.1, -0.05) is 12.1 Å². The molecule has 2 aromatic rings. The summed E-state index contributed by atoms with van der Waals surface area (Å²) in [4.78, 5) is 10.8. The molecule has 0 saturated carbocycles. The molecule has 0 saturated heterocycles. The van der Waals surface area contributed by atoms with Gasteiger partial charge in [0.2, 0.25) is 0 Å². The molecule has 2 rings (SSSR count). The van der Waals surface area contributed by atoms with Gasteiger partial charge in [0.25, 0.3) is 0 Å². The third-order valence-electron chi connectivity index (χ3n) is 3.24. The first kappa shape index (κ1) is 14.6. The van der Waals surface area contributed by atoms with E-state index in [0.29, 0.717) is 23.6 Å². The highest BCUT2D eigenvalue weighted by molar-refractivity contribution is 5.87. The number of carboxylic acids is 1. The number of nitrogens with zero attached hydrogens (tertiary/aromatic N) is 3. The Morgan fingerprint density at radius 3 is 2.67 bits per heavy atom. The molecule has 0 aliphatic rings. The first-order valence-electron chi connectivity index (χ1n) is 6.52. The molecule has 1 heterocycles. The number of hydrogen-bond acceptors (Lipinski definition) is 4. The first-order chi connectivity index (χ1) is 10.0. The highest BCUT2D eigenvalue weighted by atomic mass is 16.4. The molecule has 1 aromatic carbocycles. The Hall–Kier alpha value is -2.81. The fourth-order valence-electron chi connectivity index (χ4n) is 2.13. The lowest BCUT2D eigenvalue weighted by Gasteiger charge is -2.07. The molecule has 6 heteroatoms. The monoisotopic (exact) mass is 284 g/mol. The second kappa shape index (κ2) is 6.09. The Morgan fingerprint density at radius 2 is 2.10 bits per heavy atom. The van der Waals surface area contributed by atoms with E-state index in [0.717, 1.165) is 12.0 Å². The number of nitrogens with one attached hydrogen (secondary N) is 1. The second-order valence-electron chi connectivity index (χ2n) is 4.72. The second-order valence-corrected chi connectivity index (χ2v) is 4.72. The van der Waals surface area contributed by atoms with Crippen molar-refractivity contribution < 1.29 is 9.90 Å². The van der Waals surface area contributed by atoms with Crippen LogP contribution in [0.15, 0.2) is 24.3 Å². The highest BCUT2D eigenvalue weighted by Crippen LogP contribution is 2.17. The summed E-state index contributed by atoms with van der Waals surface area (Å²) in [5.41, 5.74) is 2.57. The summed E-state index contributed by atoms with van der Waals surface area (Å²) in [6.07, 6.45) is 0.731. The zero-order valence-corrected chi connectivity index (χ0v) is 11.9. The molecule has 108 valence electrons. The van der Waals surface area contributed by atoms with E-state index >= 15 is 0 Å². The zero-order chi connectivity index (χ0) is 15.4. The van der Waals surface area contributed by atoms with Gasteiger partial charge in [-0.05, 0) is 31.0 Å². The maximum atomic E-state index is 10.8. The van der Waals surface area contributed by atoms with Crippen molar-refractivity contribution >= 4 is 11.8 Å². The van der Waals surface area contributed by atoms with Crippen molar-refractivity contribution in [3.63, 3.8) is 0 Å². The van der Waals surface area contributed by atoms with Crippen LogP contribution in [0.25, 0.3) is 0 Å². The Labute approximate surface area is 122 Å². The Bertz CT molecular complexity index is 696. The van der Waals surface area contributed by atoms with E-state index in [1.165, 1.54) is 0 Å². The summed E-state index contributed by atoms with van der Waals surface area (Å²) >= 11 is 0. The molecule has 0 spiro atoms. The van der Waals surface area contributed by atoms with Crippen LogP contribution < -0.4 is 5.32 Å². The number of hydrogen-bond donors (Lipinski definition) is 2. The minimum atomic E-state index is -0.927. The number of carboxylic acid groups (broad SMARTS) is 1. The number of aryl methyl sites for hydroxylation is 2. The lowest BCUT2D eigenvalue weighted by molar-refractivity contribution is 0.0697. The van der Waals surface area contributed by atoms with Crippen LogP contribution in [0.2, 0.25) is 0 Å². The van der Waals surface area contributed by atoms with E-state index in [1.54, 1.807) is 42.9 Å². The first-order valence-corrected chi connectivity index (χ1v) is 6.52. The van der Waals surface area contributed by atoms with Gasteiger partial charge in [0.1, 0.15) is 17.5 Å². The summed E-state index contributed by atoms with van der Waals surface area (Å²) in [5, 5.41) is 25.4. The predicted molar refractivity (Wildman–Crippen MR) is 78.3 cm³/mol. The van der Waals surface area contributed by atoms with Gasteiger partial charge >= 0.3 is 5.97 Å². The van der Waals surface area contributed by atoms with Crippen LogP contribution in [0.4, 0.5) is 5.82 Å². The quantitative estimate of drug-likeness (QED) is 0.875. The smallest absolute Gasteiger partial charge is 0.335 e. The Balaban J connectivity index is 1.99. The molecule has 6 nitrogen and oxygen atoms in total. The van der Waals surface area contributed by atoms with Gasteiger partial charge in [0, 0.05) is 13.6 Å². The molecule has 0 fully saturated rings. The zero-order valence-electron chi connectivity index (χ0n) is 11.9. The summed E-state index contributed by atoms with van der Waals surface area (Å²) in [5.74, 6) is -0.221. The fraction of sp³-hybridized carbons (Fsp3) is 0.267. The average molecular weight is 284 g/mol. The van der Waals surface area contributed by atoms with Crippen LogP contribution in [-0.4, -0.2) is 27.4 Å². The van der Waals surface area contributed by atoms with E-state index < -0.39 is 5.97 Å². The normalized spacial score (nSPS) is 10.1. The summed E-state index contributed by atoms with van der Waals surface area (Å²) in [6, 6.07) is 8.91. The maximum Gasteiger partial charge on any atom is 0.335 e.